The average molecular weight is 363 g/mol. The SMILES string of the molecule is CC(C)C(C)(C)c1cc2c(ccc3ccccc32)c(C(C)(C)C(C)C)c1O. The van der Waals surface area contributed by atoms with Gasteiger partial charge >= 0.3 is 0 Å². The van der Waals surface area contributed by atoms with Crippen LogP contribution in [-0.2, 0) is 10.8 Å². The van der Waals surface area contributed by atoms with Crippen molar-refractivity contribution in [2.24, 2.45) is 11.8 Å². The normalized spacial score (nSPS) is 13.3. The molecule has 0 radical (unpaired) electrons. The maximum atomic E-state index is 11.5. The van der Waals surface area contributed by atoms with E-state index in [9.17, 15) is 5.11 Å². The van der Waals surface area contributed by atoms with Crippen molar-refractivity contribution in [1.82, 2.24) is 0 Å². The van der Waals surface area contributed by atoms with Crippen LogP contribution in [0.15, 0.2) is 42.5 Å². The predicted molar refractivity (Wildman–Crippen MR) is 119 cm³/mol. The van der Waals surface area contributed by atoms with Crippen LogP contribution in [0.25, 0.3) is 21.5 Å². The molecule has 0 aromatic heterocycles. The number of rotatable bonds is 4. The monoisotopic (exact) mass is 362 g/mol. The molecule has 1 N–H and O–H groups in total. The van der Waals surface area contributed by atoms with Crippen LogP contribution in [0.2, 0.25) is 0 Å². The first-order valence-electron chi connectivity index (χ1n) is 10.2. The molecule has 0 unspecified atom stereocenters. The van der Waals surface area contributed by atoms with Gasteiger partial charge in [0.15, 0.2) is 0 Å². The lowest BCUT2D eigenvalue weighted by Crippen LogP contribution is -2.28. The molecule has 144 valence electrons. The topological polar surface area (TPSA) is 20.2 Å². The van der Waals surface area contributed by atoms with Crippen molar-refractivity contribution in [3.63, 3.8) is 0 Å². The minimum absolute atomic E-state index is 0.114. The third kappa shape index (κ3) is 3.02. The van der Waals surface area contributed by atoms with Crippen LogP contribution in [0, 0.1) is 11.8 Å². The summed E-state index contributed by atoms with van der Waals surface area (Å²) in [4.78, 5) is 0. The molecule has 0 saturated carbocycles. The summed E-state index contributed by atoms with van der Waals surface area (Å²) in [6.07, 6.45) is 0. The molecule has 0 amide bonds. The highest BCUT2D eigenvalue weighted by molar-refractivity contribution is 6.09. The smallest absolute Gasteiger partial charge is 0.123 e. The molecule has 0 aliphatic rings. The van der Waals surface area contributed by atoms with Gasteiger partial charge in [-0.05, 0) is 50.3 Å². The zero-order chi connectivity index (χ0) is 20.1. The first kappa shape index (κ1) is 19.7. The minimum Gasteiger partial charge on any atom is -0.507 e. The number of benzene rings is 3. The van der Waals surface area contributed by atoms with Gasteiger partial charge < -0.3 is 5.11 Å². The summed E-state index contributed by atoms with van der Waals surface area (Å²) < 4.78 is 0. The van der Waals surface area contributed by atoms with E-state index in [-0.39, 0.29) is 10.8 Å². The molecule has 3 aromatic carbocycles. The second-order valence-electron chi connectivity index (χ2n) is 9.78. The summed E-state index contributed by atoms with van der Waals surface area (Å²) in [6, 6.07) is 15.2. The molecule has 0 heterocycles. The van der Waals surface area contributed by atoms with Crippen molar-refractivity contribution >= 4 is 21.5 Å². The number of phenolic OH excluding ortho intramolecular Hbond substituents is 1. The molecule has 0 aliphatic heterocycles. The van der Waals surface area contributed by atoms with Gasteiger partial charge in [-0.15, -0.1) is 0 Å². The van der Waals surface area contributed by atoms with Gasteiger partial charge in [0.1, 0.15) is 5.75 Å². The summed E-state index contributed by atoms with van der Waals surface area (Å²) in [6.45, 7) is 18.0. The molecule has 0 fully saturated rings. The molecular formula is C26H34O. The van der Waals surface area contributed by atoms with E-state index in [1.54, 1.807) is 0 Å². The summed E-state index contributed by atoms with van der Waals surface area (Å²) in [5.74, 6) is 1.32. The third-order valence-corrected chi connectivity index (χ3v) is 7.25. The number of aromatic hydroxyl groups is 1. The summed E-state index contributed by atoms with van der Waals surface area (Å²) in [5, 5.41) is 16.5. The van der Waals surface area contributed by atoms with Gasteiger partial charge in [-0.25, -0.2) is 0 Å². The maximum absolute atomic E-state index is 11.5. The third-order valence-electron chi connectivity index (χ3n) is 7.25. The average Bonchev–Trinajstić information content (AvgIpc) is 2.60. The first-order chi connectivity index (χ1) is 12.5. The van der Waals surface area contributed by atoms with Gasteiger partial charge in [0.05, 0.1) is 0 Å². The quantitative estimate of drug-likeness (QED) is 0.475. The molecule has 1 nitrogen and oxygen atoms in total. The molecule has 3 aromatic rings. The number of hydrogen-bond donors (Lipinski definition) is 1. The van der Waals surface area contributed by atoms with E-state index in [0.717, 1.165) is 11.1 Å². The lowest BCUT2D eigenvalue weighted by Gasteiger charge is -2.37. The fraction of sp³-hybridized carbons (Fsp3) is 0.462. The van der Waals surface area contributed by atoms with E-state index in [2.05, 4.69) is 97.9 Å². The second kappa shape index (κ2) is 6.55. The van der Waals surface area contributed by atoms with Crippen LogP contribution in [0.1, 0.15) is 66.5 Å². The zero-order valence-corrected chi connectivity index (χ0v) is 18.1. The van der Waals surface area contributed by atoms with Gasteiger partial charge in [-0.1, -0.05) is 91.8 Å². The zero-order valence-electron chi connectivity index (χ0n) is 18.1. The Labute approximate surface area is 164 Å². The molecule has 0 aliphatic carbocycles. The number of phenols is 1. The van der Waals surface area contributed by atoms with Crippen molar-refractivity contribution in [3.05, 3.63) is 53.6 Å². The van der Waals surface area contributed by atoms with Gasteiger partial charge in [0.25, 0.3) is 0 Å². The molecule has 0 saturated heterocycles. The number of fused-ring (bicyclic) bond motifs is 3. The van der Waals surface area contributed by atoms with Crippen LogP contribution in [0.4, 0.5) is 0 Å². The largest absolute Gasteiger partial charge is 0.507 e. The Morgan fingerprint density at radius 2 is 1.30 bits per heavy atom. The Morgan fingerprint density at radius 3 is 1.89 bits per heavy atom. The predicted octanol–water partition coefficient (Wildman–Crippen LogP) is 7.57. The number of hydrogen-bond acceptors (Lipinski definition) is 1. The Bertz CT molecular complexity index is 990. The van der Waals surface area contributed by atoms with E-state index in [0.29, 0.717) is 17.6 Å². The van der Waals surface area contributed by atoms with Crippen molar-refractivity contribution in [1.29, 1.82) is 0 Å². The van der Waals surface area contributed by atoms with Crippen LogP contribution < -0.4 is 0 Å². The van der Waals surface area contributed by atoms with E-state index in [4.69, 9.17) is 0 Å². The summed E-state index contributed by atoms with van der Waals surface area (Å²) in [5.41, 5.74) is 1.90. The Kier molecular flexibility index (Phi) is 4.78. The Hall–Kier alpha value is -2.02. The van der Waals surface area contributed by atoms with Crippen molar-refractivity contribution in [3.8, 4) is 5.75 Å². The van der Waals surface area contributed by atoms with Gasteiger partial charge in [0.2, 0.25) is 0 Å². The molecule has 0 atom stereocenters. The fourth-order valence-electron chi connectivity index (χ4n) is 3.89. The summed E-state index contributed by atoms with van der Waals surface area (Å²) >= 11 is 0. The molecule has 3 rings (SSSR count). The van der Waals surface area contributed by atoms with E-state index in [1.165, 1.54) is 21.5 Å². The minimum atomic E-state index is -0.131. The van der Waals surface area contributed by atoms with Gasteiger partial charge in [-0.2, -0.15) is 0 Å². The first-order valence-corrected chi connectivity index (χ1v) is 10.2. The summed E-state index contributed by atoms with van der Waals surface area (Å²) in [7, 11) is 0. The highest BCUT2D eigenvalue weighted by atomic mass is 16.3. The molecule has 1 heteroatoms. The maximum Gasteiger partial charge on any atom is 0.123 e. The molecule has 0 spiro atoms. The van der Waals surface area contributed by atoms with Crippen molar-refractivity contribution < 1.29 is 5.11 Å². The lowest BCUT2D eigenvalue weighted by atomic mass is 9.68. The van der Waals surface area contributed by atoms with Crippen molar-refractivity contribution in [2.45, 2.75) is 66.2 Å². The van der Waals surface area contributed by atoms with Crippen LogP contribution in [0.5, 0.6) is 5.75 Å². The molecular weight excluding hydrogens is 328 g/mol. The molecule has 0 bridgehead atoms. The van der Waals surface area contributed by atoms with E-state index >= 15 is 0 Å². The lowest BCUT2D eigenvalue weighted by molar-refractivity contribution is 0.330. The van der Waals surface area contributed by atoms with Crippen molar-refractivity contribution in [2.75, 3.05) is 0 Å². The van der Waals surface area contributed by atoms with Gasteiger partial charge in [-0.3, -0.25) is 0 Å². The van der Waals surface area contributed by atoms with Crippen LogP contribution in [0.3, 0.4) is 0 Å². The second-order valence-corrected chi connectivity index (χ2v) is 9.78. The van der Waals surface area contributed by atoms with Crippen LogP contribution >= 0.6 is 0 Å². The van der Waals surface area contributed by atoms with Crippen LogP contribution in [-0.4, -0.2) is 5.11 Å². The standard InChI is InChI=1S/C26H34O/c1-16(2)25(5,6)22-15-21-19-12-10-9-11-18(19)13-14-20(21)23(24(22)27)26(7,8)17(3)4/h9-17,27H,1-8H3. The highest BCUT2D eigenvalue weighted by Gasteiger charge is 2.35. The fourth-order valence-corrected chi connectivity index (χ4v) is 3.89. The van der Waals surface area contributed by atoms with E-state index in [1.807, 2.05) is 0 Å². The Morgan fingerprint density at radius 1 is 0.704 bits per heavy atom. The Balaban J connectivity index is 2.55. The van der Waals surface area contributed by atoms with E-state index < -0.39 is 0 Å². The molecule has 27 heavy (non-hydrogen) atoms. The van der Waals surface area contributed by atoms with Gasteiger partial charge in [0, 0.05) is 11.1 Å². The highest BCUT2D eigenvalue weighted by Crippen LogP contribution is 2.48.